The molecule has 2 aromatic rings. The molecule has 2 aromatic carbocycles. The molecule has 11 heteroatoms. The number of rotatable bonds is 8. The van der Waals surface area contributed by atoms with Gasteiger partial charge in [0, 0.05) is 29.7 Å². The number of sulfonamides is 1. The largest absolute Gasteiger partial charge is 0.497 e. The van der Waals surface area contributed by atoms with E-state index in [1.54, 1.807) is 24.3 Å². The van der Waals surface area contributed by atoms with Gasteiger partial charge < -0.3 is 10.1 Å². The van der Waals surface area contributed by atoms with Crippen LogP contribution in [0.5, 0.6) is 5.75 Å². The molecule has 0 unspecified atom stereocenters. The Morgan fingerprint density at radius 1 is 1.31 bits per heavy atom. The van der Waals surface area contributed by atoms with Crippen molar-refractivity contribution in [2.75, 3.05) is 19.0 Å². The van der Waals surface area contributed by atoms with E-state index in [2.05, 4.69) is 16.3 Å². The van der Waals surface area contributed by atoms with Crippen molar-refractivity contribution in [3.63, 3.8) is 0 Å². The summed E-state index contributed by atoms with van der Waals surface area (Å²) in [7, 11) is -2.56. The lowest BCUT2D eigenvalue weighted by Crippen LogP contribution is -2.33. The van der Waals surface area contributed by atoms with Crippen LogP contribution in [0.4, 0.5) is 5.69 Å². The number of hydrogen-bond donors (Lipinski definition) is 1. The Hall–Kier alpha value is -2.82. The first-order valence-electron chi connectivity index (χ1n) is 9.37. The zero-order valence-electron chi connectivity index (χ0n) is 17.0. The lowest BCUT2D eigenvalue weighted by atomic mass is 10.2. The summed E-state index contributed by atoms with van der Waals surface area (Å²) in [5.41, 5.74) is 0.520. The number of carbonyl (C=O) groups is 2. The van der Waals surface area contributed by atoms with Crippen molar-refractivity contribution in [1.29, 1.82) is 0 Å². The molecule has 0 saturated carbocycles. The number of ether oxygens (including phenoxy) is 1. The van der Waals surface area contributed by atoms with Crippen LogP contribution < -0.4 is 10.1 Å². The summed E-state index contributed by atoms with van der Waals surface area (Å²) in [5, 5.41) is 2.27. The molecule has 0 radical (unpaired) electrons. The number of methoxy groups -OCH3 is 1. The first-order chi connectivity index (χ1) is 15.2. The molecule has 1 heterocycles. The van der Waals surface area contributed by atoms with Crippen LogP contribution in [0.15, 0.2) is 70.5 Å². The molecule has 1 saturated heterocycles. The molecule has 1 fully saturated rings. The molecule has 2 amide bonds. The molecule has 168 valence electrons. The van der Waals surface area contributed by atoms with Crippen LogP contribution in [0.25, 0.3) is 0 Å². The fraction of sp³-hybridized carbons (Fsp3) is 0.190. The number of nitrogens with one attached hydrogen (secondary N) is 1. The van der Waals surface area contributed by atoms with Crippen molar-refractivity contribution in [3.8, 4) is 5.75 Å². The highest BCUT2D eigenvalue weighted by Crippen LogP contribution is 2.31. The summed E-state index contributed by atoms with van der Waals surface area (Å²) >= 11 is 6.74. The lowest BCUT2D eigenvalue weighted by molar-refractivity contribution is -0.127. The molecule has 32 heavy (non-hydrogen) atoms. The van der Waals surface area contributed by atoms with Gasteiger partial charge in [-0.15, -0.1) is 11.0 Å². The third-order valence-electron chi connectivity index (χ3n) is 4.37. The first kappa shape index (κ1) is 23.8. The Morgan fingerprint density at radius 3 is 2.69 bits per heavy atom. The maximum absolute atomic E-state index is 12.8. The molecule has 0 aromatic heterocycles. The van der Waals surface area contributed by atoms with Crippen LogP contribution in [0.2, 0.25) is 5.02 Å². The number of benzene rings is 2. The van der Waals surface area contributed by atoms with Crippen molar-refractivity contribution < 1.29 is 22.7 Å². The van der Waals surface area contributed by atoms with E-state index in [-0.39, 0.29) is 23.0 Å². The average Bonchev–Trinajstić information content (AvgIpc) is 3.02. The standard InChI is InChI=1S/C21H20ClN3O5S2/c1-3-11-25-20(27)18(13-19(26)23-15-5-4-6-16(12-15)30-2)31-21(25)24-32(28,29)17-9-7-14(22)8-10-17/h3-10,12,18H,1,11,13H2,2H3,(H,23,26)/t18-/m0/s1. The van der Waals surface area contributed by atoms with Gasteiger partial charge in [0.1, 0.15) is 11.0 Å². The lowest BCUT2D eigenvalue weighted by Gasteiger charge is -2.13. The van der Waals surface area contributed by atoms with Gasteiger partial charge >= 0.3 is 0 Å². The Bertz CT molecular complexity index is 1170. The Morgan fingerprint density at radius 2 is 2.03 bits per heavy atom. The van der Waals surface area contributed by atoms with Crippen LogP contribution in [-0.4, -0.2) is 49.2 Å². The molecule has 3 rings (SSSR count). The summed E-state index contributed by atoms with van der Waals surface area (Å²) in [6.45, 7) is 3.67. The minimum atomic E-state index is -4.08. The van der Waals surface area contributed by atoms with E-state index in [9.17, 15) is 18.0 Å². The van der Waals surface area contributed by atoms with Gasteiger partial charge in [-0.3, -0.25) is 14.5 Å². The van der Waals surface area contributed by atoms with Gasteiger partial charge in [0.25, 0.3) is 10.0 Å². The van der Waals surface area contributed by atoms with Gasteiger partial charge in [-0.25, -0.2) is 0 Å². The predicted octanol–water partition coefficient (Wildman–Crippen LogP) is 3.55. The van der Waals surface area contributed by atoms with Crippen molar-refractivity contribution in [1.82, 2.24) is 4.90 Å². The normalized spacial score (nSPS) is 17.4. The van der Waals surface area contributed by atoms with E-state index in [1.807, 2.05) is 0 Å². The minimum Gasteiger partial charge on any atom is -0.497 e. The fourth-order valence-electron chi connectivity index (χ4n) is 2.85. The zero-order chi connectivity index (χ0) is 23.3. The Labute approximate surface area is 195 Å². The maximum atomic E-state index is 12.8. The van der Waals surface area contributed by atoms with Gasteiger partial charge in [0.2, 0.25) is 11.8 Å². The molecule has 1 atom stereocenters. The highest BCUT2D eigenvalue weighted by atomic mass is 35.5. The molecule has 1 aliphatic heterocycles. The van der Waals surface area contributed by atoms with E-state index in [0.29, 0.717) is 16.5 Å². The number of amides is 2. The Kier molecular flexibility index (Phi) is 7.60. The third kappa shape index (κ3) is 5.70. The summed E-state index contributed by atoms with van der Waals surface area (Å²) in [6.07, 6.45) is 1.30. The second kappa shape index (κ2) is 10.2. The first-order valence-corrected chi connectivity index (χ1v) is 12.1. The molecular formula is C21H20ClN3O5S2. The SMILES string of the molecule is C=CCN1C(=O)[C@H](CC(=O)Nc2cccc(OC)c2)SC1=NS(=O)(=O)c1ccc(Cl)cc1. The van der Waals surface area contributed by atoms with E-state index in [4.69, 9.17) is 16.3 Å². The van der Waals surface area contributed by atoms with Gasteiger partial charge in [-0.05, 0) is 36.4 Å². The predicted molar refractivity (Wildman–Crippen MR) is 126 cm³/mol. The average molecular weight is 494 g/mol. The van der Waals surface area contributed by atoms with Gasteiger partial charge in [0.15, 0.2) is 5.17 Å². The number of amidine groups is 1. The van der Waals surface area contributed by atoms with Gasteiger partial charge in [-0.2, -0.15) is 8.42 Å². The topological polar surface area (TPSA) is 105 Å². The van der Waals surface area contributed by atoms with Crippen LogP contribution in [-0.2, 0) is 19.6 Å². The van der Waals surface area contributed by atoms with Crippen molar-refractivity contribution in [3.05, 3.63) is 66.2 Å². The summed E-state index contributed by atoms with van der Waals surface area (Å²) in [5.74, 6) is -0.238. The maximum Gasteiger partial charge on any atom is 0.284 e. The number of thioether (sulfide) groups is 1. The van der Waals surface area contributed by atoms with Gasteiger partial charge in [-0.1, -0.05) is 35.5 Å². The summed E-state index contributed by atoms with van der Waals surface area (Å²) in [4.78, 5) is 26.5. The van der Waals surface area contributed by atoms with E-state index in [1.165, 1.54) is 42.4 Å². The second-order valence-corrected chi connectivity index (χ2v) is 9.84. The summed E-state index contributed by atoms with van der Waals surface area (Å²) in [6, 6.07) is 12.4. The van der Waals surface area contributed by atoms with Crippen molar-refractivity contribution in [2.45, 2.75) is 16.6 Å². The zero-order valence-corrected chi connectivity index (χ0v) is 19.4. The molecule has 1 N–H and O–H groups in total. The van der Waals surface area contributed by atoms with Crippen LogP contribution in [0.1, 0.15) is 6.42 Å². The second-order valence-electron chi connectivity index (χ2n) is 6.63. The van der Waals surface area contributed by atoms with Crippen LogP contribution >= 0.6 is 23.4 Å². The van der Waals surface area contributed by atoms with Crippen LogP contribution in [0.3, 0.4) is 0 Å². The van der Waals surface area contributed by atoms with Crippen molar-refractivity contribution >= 4 is 56.1 Å². The van der Waals surface area contributed by atoms with E-state index < -0.39 is 27.1 Å². The highest BCUT2D eigenvalue weighted by Gasteiger charge is 2.39. The molecule has 0 spiro atoms. The van der Waals surface area contributed by atoms with E-state index >= 15 is 0 Å². The third-order valence-corrected chi connectivity index (χ3v) is 7.19. The molecule has 0 aliphatic carbocycles. The minimum absolute atomic E-state index is 0.0102. The van der Waals surface area contributed by atoms with Crippen LogP contribution in [0, 0.1) is 0 Å². The number of hydrogen-bond acceptors (Lipinski definition) is 6. The number of carbonyl (C=O) groups excluding carboxylic acids is 2. The number of anilines is 1. The summed E-state index contributed by atoms with van der Waals surface area (Å²) < 4.78 is 34.3. The molecule has 0 bridgehead atoms. The molecular weight excluding hydrogens is 474 g/mol. The monoisotopic (exact) mass is 493 g/mol. The quantitative estimate of drug-likeness (QED) is 0.564. The smallest absolute Gasteiger partial charge is 0.284 e. The fourth-order valence-corrected chi connectivity index (χ4v) is 5.34. The van der Waals surface area contributed by atoms with Crippen molar-refractivity contribution in [2.24, 2.45) is 4.40 Å². The Balaban J connectivity index is 1.78. The number of halogens is 1. The molecule has 8 nitrogen and oxygen atoms in total. The molecule has 1 aliphatic rings. The number of nitrogens with zero attached hydrogens (tertiary/aromatic N) is 2. The van der Waals surface area contributed by atoms with Gasteiger partial charge in [0.05, 0.1) is 12.0 Å². The van der Waals surface area contributed by atoms with E-state index in [0.717, 1.165) is 11.8 Å². The highest BCUT2D eigenvalue weighted by molar-refractivity contribution is 8.16.